The SMILES string of the molecule is CN(C)C(=O)c1cc(NC(=O)[C@H]2CCCCN2)ccc1Cl.Cl. The van der Waals surface area contributed by atoms with Crippen molar-refractivity contribution in [3.05, 3.63) is 28.8 Å². The number of amides is 2. The van der Waals surface area contributed by atoms with Gasteiger partial charge in [-0.15, -0.1) is 12.4 Å². The van der Waals surface area contributed by atoms with E-state index in [9.17, 15) is 9.59 Å². The lowest BCUT2D eigenvalue weighted by molar-refractivity contribution is -0.118. The molecule has 2 amide bonds. The summed E-state index contributed by atoms with van der Waals surface area (Å²) in [5.41, 5.74) is 0.970. The Balaban J connectivity index is 0.00000242. The van der Waals surface area contributed by atoms with Gasteiger partial charge in [0.25, 0.3) is 5.91 Å². The van der Waals surface area contributed by atoms with Gasteiger partial charge in [-0.1, -0.05) is 18.0 Å². The van der Waals surface area contributed by atoms with Crippen molar-refractivity contribution in [3.8, 4) is 0 Å². The summed E-state index contributed by atoms with van der Waals surface area (Å²) in [4.78, 5) is 25.6. The molecule has 22 heavy (non-hydrogen) atoms. The number of anilines is 1. The van der Waals surface area contributed by atoms with Crippen LogP contribution in [0.4, 0.5) is 5.69 Å². The maximum absolute atomic E-state index is 12.2. The van der Waals surface area contributed by atoms with Gasteiger partial charge in [0.2, 0.25) is 5.91 Å². The van der Waals surface area contributed by atoms with Crippen molar-refractivity contribution in [2.45, 2.75) is 25.3 Å². The predicted octanol–water partition coefficient (Wildman–Crippen LogP) is 2.54. The second-order valence-corrected chi connectivity index (χ2v) is 5.79. The Kier molecular flexibility index (Phi) is 7.13. The number of halogens is 2. The van der Waals surface area contributed by atoms with Crippen molar-refractivity contribution in [1.82, 2.24) is 10.2 Å². The average Bonchev–Trinajstić information content (AvgIpc) is 2.49. The minimum atomic E-state index is -0.188. The Morgan fingerprint density at radius 1 is 1.32 bits per heavy atom. The maximum atomic E-state index is 12.2. The first-order chi connectivity index (χ1) is 9.99. The zero-order chi connectivity index (χ0) is 15.4. The van der Waals surface area contributed by atoms with Crippen molar-refractivity contribution in [2.24, 2.45) is 0 Å². The summed E-state index contributed by atoms with van der Waals surface area (Å²) in [5.74, 6) is -0.257. The monoisotopic (exact) mass is 345 g/mol. The van der Waals surface area contributed by atoms with Crippen molar-refractivity contribution >= 4 is 41.5 Å². The first-order valence-electron chi connectivity index (χ1n) is 7.04. The molecule has 0 radical (unpaired) electrons. The minimum absolute atomic E-state index is 0. The number of hydrogen-bond acceptors (Lipinski definition) is 3. The summed E-state index contributed by atoms with van der Waals surface area (Å²) in [6.45, 7) is 0.864. The molecule has 1 saturated heterocycles. The topological polar surface area (TPSA) is 61.4 Å². The first-order valence-corrected chi connectivity index (χ1v) is 7.42. The fraction of sp³-hybridized carbons (Fsp3) is 0.467. The number of nitrogens with one attached hydrogen (secondary N) is 2. The van der Waals surface area contributed by atoms with Gasteiger partial charge < -0.3 is 15.5 Å². The van der Waals surface area contributed by atoms with Crippen LogP contribution in [0.3, 0.4) is 0 Å². The molecule has 122 valence electrons. The first kappa shape index (κ1) is 18.7. The number of carbonyl (C=O) groups excluding carboxylic acids is 2. The summed E-state index contributed by atoms with van der Waals surface area (Å²) in [7, 11) is 3.33. The van der Waals surface area contributed by atoms with E-state index in [4.69, 9.17) is 11.6 Å². The molecule has 7 heteroatoms. The van der Waals surface area contributed by atoms with Gasteiger partial charge in [-0.3, -0.25) is 9.59 Å². The highest BCUT2D eigenvalue weighted by atomic mass is 35.5. The number of hydrogen-bond donors (Lipinski definition) is 2. The van der Waals surface area contributed by atoms with E-state index in [1.54, 1.807) is 32.3 Å². The molecule has 0 aromatic heterocycles. The van der Waals surface area contributed by atoms with E-state index in [2.05, 4.69) is 10.6 Å². The van der Waals surface area contributed by atoms with Crippen LogP contribution in [0.5, 0.6) is 0 Å². The molecule has 0 aliphatic carbocycles. The van der Waals surface area contributed by atoms with Gasteiger partial charge in [0.1, 0.15) is 0 Å². The van der Waals surface area contributed by atoms with Gasteiger partial charge in [-0.25, -0.2) is 0 Å². The molecule has 1 aliphatic rings. The third-order valence-corrected chi connectivity index (χ3v) is 3.83. The van der Waals surface area contributed by atoms with Crippen LogP contribution in [-0.4, -0.2) is 43.4 Å². The molecule has 2 rings (SSSR count). The second kappa shape index (κ2) is 8.36. The molecular weight excluding hydrogens is 325 g/mol. The Morgan fingerprint density at radius 3 is 2.64 bits per heavy atom. The number of rotatable bonds is 3. The number of carbonyl (C=O) groups is 2. The Hall–Kier alpha value is -1.30. The zero-order valence-corrected chi connectivity index (χ0v) is 14.3. The Morgan fingerprint density at radius 2 is 2.05 bits per heavy atom. The third kappa shape index (κ3) is 4.60. The van der Waals surface area contributed by atoms with Crippen LogP contribution < -0.4 is 10.6 Å². The second-order valence-electron chi connectivity index (χ2n) is 5.39. The van der Waals surface area contributed by atoms with E-state index in [-0.39, 0.29) is 30.3 Å². The zero-order valence-electron chi connectivity index (χ0n) is 12.7. The van der Waals surface area contributed by atoms with Crippen LogP contribution in [0.15, 0.2) is 18.2 Å². The summed E-state index contributed by atoms with van der Waals surface area (Å²) >= 11 is 6.05. The lowest BCUT2D eigenvalue weighted by atomic mass is 10.0. The third-order valence-electron chi connectivity index (χ3n) is 3.50. The summed E-state index contributed by atoms with van der Waals surface area (Å²) in [6, 6.07) is 4.78. The van der Waals surface area contributed by atoms with E-state index < -0.39 is 0 Å². The molecule has 1 aromatic rings. The highest BCUT2D eigenvalue weighted by Gasteiger charge is 2.21. The molecular formula is C15H21Cl2N3O2. The minimum Gasteiger partial charge on any atom is -0.345 e. The standard InChI is InChI=1S/C15H20ClN3O2.ClH/c1-19(2)15(21)11-9-10(6-7-12(11)16)18-14(20)13-5-3-4-8-17-13;/h6-7,9,13,17H,3-5,8H2,1-2H3,(H,18,20);1H/t13-;/m1./s1. The van der Waals surface area contributed by atoms with Crippen molar-refractivity contribution in [2.75, 3.05) is 26.0 Å². The molecule has 1 aliphatic heterocycles. The van der Waals surface area contributed by atoms with Crippen LogP contribution >= 0.6 is 24.0 Å². The van der Waals surface area contributed by atoms with E-state index in [1.807, 2.05) is 0 Å². The van der Waals surface area contributed by atoms with Crippen molar-refractivity contribution in [3.63, 3.8) is 0 Å². The molecule has 5 nitrogen and oxygen atoms in total. The smallest absolute Gasteiger partial charge is 0.254 e. The number of benzene rings is 1. The fourth-order valence-corrected chi connectivity index (χ4v) is 2.51. The van der Waals surface area contributed by atoms with E-state index in [0.29, 0.717) is 16.3 Å². The van der Waals surface area contributed by atoms with E-state index >= 15 is 0 Å². The van der Waals surface area contributed by atoms with Gasteiger partial charge >= 0.3 is 0 Å². The summed E-state index contributed by atoms with van der Waals surface area (Å²) in [5, 5.41) is 6.41. The lowest BCUT2D eigenvalue weighted by Crippen LogP contribution is -2.43. The molecule has 2 N–H and O–H groups in total. The molecule has 1 atom stereocenters. The van der Waals surface area contributed by atoms with Crippen LogP contribution in [0.25, 0.3) is 0 Å². The van der Waals surface area contributed by atoms with Gasteiger partial charge in [-0.2, -0.15) is 0 Å². The molecule has 0 bridgehead atoms. The summed E-state index contributed by atoms with van der Waals surface area (Å²) in [6.07, 6.45) is 2.99. The van der Waals surface area contributed by atoms with Crippen molar-refractivity contribution < 1.29 is 9.59 Å². The highest BCUT2D eigenvalue weighted by Crippen LogP contribution is 2.22. The van der Waals surface area contributed by atoms with Crippen LogP contribution in [0, 0.1) is 0 Å². The number of piperidine rings is 1. The molecule has 1 aromatic carbocycles. The van der Waals surface area contributed by atoms with E-state index in [0.717, 1.165) is 25.8 Å². The summed E-state index contributed by atoms with van der Waals surface area (Å²) < 4.78 is 0. The predicted molar refractivity (Wildman–Crippen MR) is 91.0 cm³/mol. The van der Waals surface area contributed by atoms with Crippen LogP contribution in [0.2, 0.25) is 5.02 Å². The quantitative estimate of drug-likeness (QED) is 0.884. The van der Waals surface area contributed by atoms with Crippen LogP contribution in [0.1, 0.15) is 29.6 Å². The maximum Gasteiger partial charge on any atom is 0.254 e. The normalized spacial score (nSPS) is 17.3. The van der Waals surface area contributed by atoms with Gasteiger partial charge in [0.15, 0.2) is 0 Å². The molecule has 1 fully saturated rings. The lowest BCUT2D eigenvalue weighted by Gasteiger charge is -2.22. The van der Waals surface area contributed by atoms with E-state index in [1.165, 1.54) is 4.90 Å². The average molecular weight is 346 g/mol. The molecule has 0 saturated carbocycles. The van der Waals surface area contributed by atoms with Gasteiger partial charge in [0.05, 0.1) is 16.6 Å². The fourth-order valence-electron chi connectivity index (χ4n) is 2.31. The molecule has 1 heterocycles. The highest BCUT2D eigenvalue weighted by molar-refractivity contribution is 6.34. The molecule has 0 unspecified atom stereocenters. The Labute approximate surface area is 141 Å². The number of nitrogens with zero attached hydrogens (tertiary/aromatic N) is 1. The largest absolute Gasteiger partial charge is 0.345 e. The molecule has 0 spiro atoms. The van der Waals surface area contributed by atoms with Crippen molar-refractivity contribution in [1.29, 1.82) is 0 Å². The van der Waals surface area contributed by atoms with Crippen LogP contribution in [-0.2, 0) is 4.79 Å². The van der Waals surface area contributed by atoms with Gasteiger partial charge in [-0.05, 0) is 37.6 Å². The Bertz CT molecular complexity index is 544. The van der Waals surface area contributed by atoms with Gasteiger partial charge in [0, 0.05) is 19.8 Å².